The fourth-order valence-corrected chi connectivity index (χ4v) is 1.53. The van der Waals surface area contributed by atoms with Crippen molar-refractivity contribution in [2.45, 2.75) is 26.4 Å². The van der Waals surface area contributed by atoms with Crippen molar-refractivity contribution >= 4 is 17.6 Å². The van der Waals surface area contributed by atoms with E-state index in [9.17, 15) is 4.79 Å². The number of carbonyl (C=O) groups is 1. The monoisotopic (exact) mass is 271 g/mol. The zero-order valence-corrected chi connectivity index (χ0v) is 11.6. The zero-order chi connectivity index (χ0) is 13.5. The van der Waals surface area contributed by atoms with E-state index in [1.807, 2.05) is 6.07 Å². The van der Waals surface area contributed by atoms with Crippen molar-refractivity contribution in [2.75, 3.05) is 13.7 Å². The first kappa shape index (κ1) is 14.8. The number of halogens is 1. The zero-order valence-electron chi connectivity index (χ0n) is 10.8. The quantitative estimate of drug-likeness (QED) is 0.807. The maximum atomic E-state index is 11.0. The van der Waals surface area contributed by atoms with E-state index in [0.29, 0.717) is 23.4 Å². The molecule has 0 bridgehead atoms. The third-order valence-corrected chi connectivity index (χ3v) is 2.53. The molecule has 18 heavy (non-hydrogen) atoms. The van der Waals surface area contributed by atoms with E-state index in [4.69, 9.17) is 16.3 Å². The molecule has 100 valence electrons. The second-order valence-corrected chi connectivity index (χ2v) is 4.59. The molecule has 0 amide bonds. The summed E-state index contributed by atoms with van der Waals surface area (Å²) in [5.41, 5.74) is 0.917. The minimum Gasteiger partial charge on any atom is -0.482 e. The summed E-state index contributed by atoms with van der Waals surface area (Å²) in [5.74, 6) is 0.227. The fourth-order valence-electron chi connectivity index (χ4n) is 1.34. The molecular weight excluding hydrogens is 254 g/mol. The van der Waals surface area contributed by atoms with Crippen molar-refractivity contribution in [1.29, 1.82) is 0 Å². The van der Waals surface area contributed by atoms with E-state index in [1.165, 1.54) is 7.11 Å². The minimum absolute atomic E-state index is 0.104. The van der Waals surface area contributed by atoms with Gasteiger partial charge in [-0.15, -0.1) is 0 Å². The normalized spacial score (nSPS) is 10.5. The van der Waals surface area contributed by atoms with Gasteiger partial charge < -0.3 is 14.8 Å². The first-order chi connectivity index (χ1) is 8.52. The van der Waals surface area contributed by atoms with Gasteiger partial charge in [-0.25, -0.2) is 4.79 Å². The highest BCUT2D eigenvalue weighted by Gasteiger charge is 2.08. The van der Waals surface area contributed by atoms with Crippen LogP contribution < -0.4 is 10.1 Å². The molecule has 0 unspecified atom stereocenters. The predicted octanol–water partition coefficient (Wildman–Crippen LogP) is 2.39. The highest BCUT2D eigenvalue weighted by molar-refractivity contribution is 6.30. The van der Waals surface area contributed by atoms with E-state index in [-0.39, 0.29) is 6.61 Å². The maximum absolute atomic E-state index is 11.0. The first-order valence-corrected chi connectivity index (χ1v) is 6.12. The van der Waals surface area contributed by atoms with Gasteiger partial charge in [0, 0.05) is 23.2 Å². The number of ether oxygens (including phenoxy) is 2. The van der Waals surface area contributed by atoms with Gasteiger partial charge in [0.05, 0.1) is 7.11 Å². The lowest BCUT2D eigenvalue weighted by Gasteiger charge is -2.13. The third-order valence-electron chi connectivity index (χ3n) is 2.30. The highest BCUT2D eigenvalue weighted by Crippen LogP contribution is 2.23. The summed E-state index contributed by atoms with van der Waals surface area (Å²) in [6.45, 7) is 4.64. The molecule has 5 heteroatoms. The summed E-state index contributed by atoms with van der Waals surface area (Å²) in [6, 6.07) is 5.66. The Morgan fingerprint density at radius 1 is 1.44 bits per heavy atom. The van der Waals surface area contributed by atoms with Crippen molar-refractivity contribution in [2.24, 2.45) is 0 Å². The Bertz CT molecular complexity index is 407. The Morgan fingerprint density at radius 2 is 2.17 bits per heavy atom. The number of nitrogens with one attached hydrogen (secondary N) is 1. The van der Waals surface area contributed by atoms with Crippen molar-refractivity contribution in [1.82, 2.24) is 5.32 Å². The lowest BCUT2D eigenvalue weighted by molar-refractivity contribution is -0.142. The van der Waals surface area contributed by atoms with Gasteiger partial charge in [-0.3, -0.25) is 0 Å². The number of carbonyl (C=O) groups excluding carboxylic acids is 1. The molecule has 1 rings (SSSR count). The number of methoxy groups -OCH3 is 1. The molecule has 0 aliphatic rings. The smallest absolute Gasteiger partial charge is 0.343 e. The van der Waals surface area contributed by atoms with Crippen LogP contribution in [0.2, 0.25) is 5.02 Å². The van der Waals surface area contributed by atoms with Crippen LogP contribution in [0.15, 0.2) is 18.2 Å². The van der Waals surface area contributed by atoms with Crippen LogP contribution in [0.3, 0.4) is 0 Å². The summed E-state index contributed by atoms with van der Waals surface area (Å²) in [6.07, 6.45) is 0. The molecule has 0 aromatic heterocycles. The minimum atomic E-state index is -0.410. The molecule has 0 aliphatic heterocycles. The van der Waals surface area contributed by atoms with Crippen LogP contribution in [0.5, 0.6) is 5.75 Å². The summed E-state index contributed by atoms with van der Waals surface area (Å²) >= 11 is 5.95. The van der Waals surface area contributed by atoms with E-state index in [2.05, 4.69) is 23.9 Å². The second-order valence-electron chi connectivity index (χ2n) is 4.15. The molecule has 0 fully saturated rings. The van der Waals surface area contributed by atoms with Crippen molar-refractivity contribution in [3.63, 3.8) is 0 Å². The fraction of sp³-hybridized carbons (Fsp3) is 0.462. The van der Waals surface area contributed by atoms with E-state index < -0.39 is 5.97 Å². The Kier molecular flexibility index (Phi) is 5.95. The van der Waals surface area contributed by atoms with Gasteiger partial charge in [0.15, 0.2) is 6.61 Å². The van der Waals surface area contributed by atoms with Gasteiger partial charge >= 0.3 is 5.97 Å². The van der Waals surface area contributed by atoms with E-state index in [0.717, 1.165) is 5.56 Å². The second kappa shape index (κ2) is 7.24. The molecule has 0 aliphatic carbocycles. The molecule has 0 radical (unpaired) electrons. The molecule has 0 saturated carbocycles. The van der Waals surface area contributed by atoms with Crippen molar-refractivity contribution in [3.05, 3.63) is 28.8 Å². The molecule has 4 nitrogen and oxygen atoms in total. The van der Waals surface area contributed by atoms with Crippen LogP contribution in [0, 0.1) is 0 Å². The standard InChI is InChI=1S/C13H18ClNO3/c1-9(2)15-7-10-6-11(14)4-5-12(10)18-8-13(16)17-3/h4-6,9,15H,7-8H2,1-3H3. The number of esters is 1. The van der Waals surface area contributed by atoms with Gasteiger partial charge in [0.25, 0.3) is 0 Å². The van der Waals surface area contributed by atoms with E-state index >= 15 is 0 Å². The Hall–Kier alpha value is -1.26. The summed E-state index contributed by atoms with van der Waals surface area (Å²) in [4.78, 5) is 11.0. The van der Waals surface area contributed by atoms with Gasteiger partial charge in [-0.2, -0.15) is 0 Å². The molecule has 1 aromatic rings. The van der Waals surface area contributed by atoms with Crippen LogP contribution in [0.25, 0.3) is 0 Å². The number of benzene rings is 1. The number of rotatable bonds is 6. The van der Waals surface area contributed by atoms with Crippen LogP contribution in [-0.2, 0) is 16.1 Å². The van der Waals surface area contributed by atoms with Crippen molar-refractivity contribution in [3.8, 4) is 5.75 Å². The molecule has 1 N–H and O–H groups in total. The first-order valence-electron chi connectivity index (χ1n) is 5.74. The van der Waals surface area contributed by atoms with E-state index in [1.54, 1.807) is 12.1 Å². The number of hydrogen-bond acceptors (Lipinski definition) is 4. The SMILES string of the molecule is COC(=O)COc1ccc(Cl)cc1CNC(C)C. The van der Waals surface area contributed by atoms with Gasteiger partial charge in [0.2, 0.25) is 0 Å². The van der Waals surface area contributed by atoms with Crippen LogP contribution in [0.4, 0.5) is 0 Å². The van der Waals surface area contributed by atoms with Crippen molar-refractivity contribution < 1.29 is 14.3 Å². The van der Waals surface area contributed by atoms with Crippen LogP contribution >= 0.6 is 11.6 Å². The lowest BCUT2D eigenvalue weighted by atomic mass is 10.2. The Balaban J connectivity index is 2.72. The van der Waals surface area contributed by atoms with Gasteiger partial charge in [0.1, 0.15) is 5.75 Å². The molecule has 0 spiro atoms. The van der Waals surface area contributed by atoms with Gasteiger partial charge in [-0.05, 0) is 18.2 Å². The molecule has 0 heterocycles. The van der Waals surface area contributed by atoms with Crippen LogP contribution in [-0.4, -0.2) is 25.7 Å². The van der Waals surface area contributed by atoms with Gasteiger partial charge in [-0.1, -0.05) is 25.4 Å². The average molecular weight is 272 g/mol. The Morgan fingerprint density at radius 3 is 2.78 bits per heavy atom. The molecule has 1 aromatic carbocycles. The average Bonchev–Trinajstić information content (AvgIpc) is 2.34. The molecule has 0 saturated heterocycles. The summed E-state index contributed by atoms with van der Waals surface area (Å²) in [7, 11) is 1.33. The molecule has 0 atom stereocenters. The summed E-state index contributed by atoms with van der Waals surface area (Å²) < 4.78 is 9.93. The maximum Gasteiger partial charge on any atom is 0.343 e. The molecular formula is C13H18ClNO3. The lowest BCUT2D eigenvalue weighted by Crippen LogP contribution is -2.22. The largest absolute Gasteiger partial charge is 0.482 e. The topological polar surface area (TPSA) is 47.6 Å². The summed E-state index contributed by atoms with van der Waals surface area (Å²) in [5, 5.41) is 3.92. The predicted molar refractivity (Wildman–Crippen MR) is 70.9 cm³/mol. The highest BCUT2D eigenvalue weighted by atomic mass is 35.5. The third kappa shape index (κ3) is 4.94. The Labute approximate surface area is 112 Å². The van der Waals surface area contributed by atoms with Crippen LogP contribution in [0.1, 0.15) is 19.4 Å². The number of hydrogen-bond donors (Lipinski definition) is 1.